The molecule has 2 fully saturated rings. The molecule has 1 aliphatic heterocycles. The van der Waals surface area contributed by atoms with Crippen LogP contribution in [0, 0.1) is 11.8 Å². The molecule has 4 N–H and O–H groups in total. The van der Waals surface area contributed by atoms with Crippen LogP contribution in [0.1, 0.15) is 13.3 Å². The van der Waals surface area contributed by atoms with E-state index in [-0.39, 0.29) is 11.9 Å². The minimum absolute atomic E-state index is 0.0156. The molecule has 0 bridgehead atoms. The van der Waals surface area contributed by atoms with Crippen molar-refractivity contribution in [3.05, 3.63) is 0 Å². The molecule has 2 rings (SSSR count). The second-order valence-electron chi connectivity index (χ2n) is 4.04. The quantitative estimate of drug-likeness (QED) is 0.529. The minimum atomic E-state index is -0.325. The lowest BCUT2D eigenvalue weighted by Crippen LogP contribution is -2.43. The Labute approximate surface area is 78.2 Å². The minimum Gasteiger partial charge on any atom is -0.351 e. The third kappa shape index (κ3) is 1.56. The van der Waals surface area contributed by atoms with E-state index in [1.54, 1.807) is 0 Å². The highest BCUT2D eigenvalue weighted by Crippen LogP contribution is 2.41. The van der Waals surface area contributed by atoms with Gasteiger partial charge in [-0.05, 0) is 18.3 Å². The van der Waals surface area contributed by atoms with Crippen molar-refractivity contribution in [3.63, 3.8) is 0 Å². The summed E-state index contributed by atoms with van der Waals surface area (Å²) >= 11 is 0. The first-order valence-corrected chi connectivity index (χ1v) is 5.00. The molecule has 2 unspecified atom stereocenters. The predicted octanol–water partition coefficient (Wildman–Crippen LogP) is -0.942. The molecule has 1 heterocycles. The predicted molar refractivity (Wildman–Crippen MR) is 50.0 cm³/mol. The number of fused-ring (bicyclic) bond motifs is 1. The maximum absolute atomic E-state index is 11.4. The summed E-state index contributed by atoms with van der Waals surface area (Å²) in [7, 11) is 0. The Morgan fingerprint density at radius 1 is 1.62 bits per heavy atom. The van der Waals surface area contributed by atoms with Crippen molar-refractivity contribution in [1.29, 1.82) is 0 Å². The lowest BCUT2D eigenvalue weighted by atomic mass is 10.2. The average molecular weight is 183 g/mol. The van der Waals surface area contributed by atoms with Gasteiger partial charge in [-0.25, -0.2) is 0 Å². The molecule has 4 heteroatoms. The van der Waals surface area contributed by atoms with Crippen LogP contribution in [-0.4, -0.2) is 31.1 Å². The van der Waals surface area contributed by atoms with Gasteiger partial charge in [-0.1, -0.05) is 6.92 Å². The van der Waals surface area contributed by atoms with Crippen LogP contribution in [0.5, 0.6) is 0 Å². The van der Waals surface area contributed by atoms with E-state index in [4.69, 9.17) is 5.73 Å². The summed E-state index contributed by atoms with van der Waals surface area (Å²) in [6, 6.07) is 0.0839. The van der Waals surface area contributed by atoms with Gasteiger partial charge < -0.3 is 16.4 Å². The fourth-order valence-electron chi connectivity index (χ4n) is 2.09. The topological polar surface area (TPSA) is 67.2 Å². The Hall–Kier alpha value is -0.610. The van der Waals surface area contributed by atoms with E-state index in [0.29, 0.717) is 24.3 Å². The fraction of sp³-hybridized carbons (Fsp3) is 0.889. The molecule has 2 aliphatic rings. The molecule has 0 aromatic heterocycles. The smallest absolute Gasteiger partial charge is 0.237 e. The molecular formula is C9H17N3O. The Balaban J connectivity index is 1.77. The van der Waals surface area contributed by atoms with Gasteiger partial charge in [0.15, 0.2) is 0 Å². The first-order chi connectivity index (χ1) is 6.24. The van der Waals surface area contributed by atoms with Gasteiger partial charge in [0.1, 0.15) is 0 Å². The number of rotatable bonds is 3. The van der Waals surface area contributed by atoms with Crippen LogP contribution in [0.25, 0.3) is 0 Å². The lowest BCUT2D eigenvalue weighted by molar-refractivity contribution is -0.122. The standard InChI is InChI=1S/C9H17N3O/c1-2-7(10)9(13)12-8-5-3-11-4-6(5)8/h5-8,11H,2-4,10H2,1H3,(H,12,13)/t5?,6?,7-,8?/m1/s1. The molecule has 3 atom stereocenters. The van der Waals surface area contributed by atoms with Crippen LogP contribution in [0.15, 0.2) is 0 Å². The summed E-state index contributed by atoms with van der Waals surface area (Å²) in [5, 5.41) is 6.29. The van der Waals surface area contributed by atoms with Crippen LogP contribution in [0.3, 0.4) is 0 Å². The lowest BCUT2D eigenvalue weighted by Gasteiger charge is -2.11. The fourth-order valence-corrected chi connectivity index (χ4v) is 2.09. The maximum Gasteiger partial charge on any atom is 0.237 e. The highest BCUT2D eigenvalue weighted by Gasteiger charge is 2.53. The summed E-state index contributed by atoms with van der Waals surface area (Å²) in [5.41, 5.74) is 5.62. The van der Waals surface area contributed by atoms with Crippen molar-refractivity contribution in [3.8, 4) is 0 Å². The van der Waals surface area contributed by atoms with Gasteiger partial charge in [-0.15, -0.1) is 0 Å². The van der Waals surface area contributed by atoms with Crippen LogP contribution < -0.4 is 16.4 Å². The van der Waals surface area contributed by atoms with Gasteiger partial charge in [0.25, 0.3) is 0 Å². The maximum atomic E-state index is 11.4. The van der Waals surface area contributed by atoms with E-state index < -0.39 is 0 Å². The van der Waals surface area contributed by atoms with Gasteiger partial charge in [0, 0.05) is 19.1 Å². The van der Waals surface area contributed by atoms with Crippen molar-refractivity contribution < 1.29 is 4.79 Å². The number of nitrogens with one attached hydrogen (secondary N) is 2. The molecule has 1 saturated carbocycles. The second-order valence-corrected chi connectivity index (χ2v) is 4.04. The first-order valence-electron chi connectivity index (χ1n) is 5.00. The Morgan fingerprint density at radius 3 is 2.77 bits per heavy atom. The number of carbonyl (C=O) groups excluding carboxylic acids is 1. The number of amides is 1. The molecule has 1 aliphatic carbocycles. The zero-order valence-corrected chi connectivity index (χ0v) is 7.92. The van der Waals surface area contributed by atoms with E-state index in [2.05, 4.69) is 10.6 Å². The first kappa shape index (κ1) is 8.97. The number of piperidine rings is 1. The van der Waals surface area contributed by atoms with E-state index in [1.807, 2.05) is 6.92 Å². The summed E-state index contributed by atoms with van der Waals surface area (Å²) in [4.78, 5) is 11.4. The van der Waals surface area contributed by atoms with Crippen LogP contribution in [0.2, 0.25) is 0 Å². The van der Waals surface area contributed by atoms with Crippen molar-refractivity contribution in [2.75, 3.05) is 13.1 Å². The molecule has 0 spiro atoms. The molecule has 13 heavy (non-hydrogen) atoms. The molecule has 0 radical (unpaired) electrons. The van der Waals surface area contributed by atoms with Gasteiger partial charge >= 0.3 is 0 Å². The summed E-state index contributed by atoms with van der Waals surface area (Å²) < 4.78 is 0. The van der Waals surface area contributed by atoms with E-state index in [0.717, 1.165) is 13.1 Å². The van der Waals surface area contributed by atoms with E-state index in [9.17, 15) is 4.79 Å². The SMILES string of the molecule is CC[C@@H](N)C(=O)NC1C2CNCC21. The normalized spacial score (nSPS) is 38.2. The second kappa shape index (κ2) is 3.27. The Bertz CT molecular complexity index is 209. The Morgan fingerprint density at radius 2 is 2.23 bits per heavy atom. The van der Waals surface area contributed by atoms with Crippen molar-refractivity contribution in [2.24, 2.45) is 17.6 Å². The van der Waals surface area contributed by atoms with Gasteiger partial charge in [-0.3, -0.25) is 4.79 Å². The van der Waals surface area contributed by atoms with Crippen LogP contribution in [-0.2, 0) is 4.79 Å². The molecule has 74 valence electrons. The molecule has 1 saturated heterocycles. The number of hydrogen-bond donors (Lipinski definition) is 3. The van der Waals surface area contributed by atoms with Crippen molar-refractivity contribution >= 4 is 5.91 Å². The van der Waals surface area contributed by atoms with E-state index >= 15 is 0 Å². The summed E-state index contributed by atoms with van der Waals surface area (Å²) in [6.45, 7) is 4.04. The molecular weight excluding hydrogens is 166 g/mol. The van der Waals surface area contributed by atoms with Crippen LogP contribution in [0.4, 0.5) is 0 Å². The molecule has 1 amide bonds. The third-order valence-electron chi connectivity index (χ3n) is 3.18. The number of nitrogens with two attached hydrogens (primary N) is 1. The van der Waals surface area contributed by atoms with Crippen molar-refractivity contribution in [1.82, 2.24) is 10.6 Å². The highest BCUT2D eigenvalue weighted by molar-refractivity contribution is 5.82. The average Bonchev–Trinajstić information content (AvgIpc) is 2.63. The Kier molecular flexibility index (Phi) is 2.26. The van der Waals surface area contributed by atoms with Gasteiger partial charge in [0.2, 0.25) is 5.91 Å². The van der Waals surface area contributed by atoms with Crippen LogP contribution >= 0.6 is 0 Å². The largest absolute Gasteiger partial charge is 0.351 e. The molecule has 0 aromatic rings. The van der Waals surface area contributed by atoms with Crippen molar-refractivity contribution in [2.45, 2.75) is 25.4 Å². The molecule has 4 nitrogen and oxygen atoms in total. The van der Waals surface area contributed by atoms with E-state index in [1.165, 1.54) is 0 Å². The summed E-state index contributed by atoms with van der Waals surface area (Å²) in [5.74, 6) is 1.36. The molecule has 0 aromatic carbocycles. The summed E-state index contributed by atoms with van der Waals surface area (Å²) in [6.07, 6.45) is 0.714. The third-order valence-corrected chi connectivity index (χ3v) is 3.18. The monoisotopic (exact) mass is 183 g/mol. The van der Waals surface area contributed by atoms with Gasteiger partial charge in [0.05, 0.1) is 6.04 Å². The zero-order valence-electron chi connectivity index (χ0n) is 7.92. The highest BCUT2D eigenvalue weighted by atomic mass is 16.2. The van der Waals surface area contributed by atoms with Gasteiger partial charge in [-0.2, -0.15) is 0 Å². The number of hydrogen-bond acceptors (Lipinski definition) is 3. The number of carbonyl (C=O) groups is 1. The zero-order chi connectivity index (χ0) is 9.42.